The molecule has 3 heterocycles. The number of aromatic nitrogens is 1. The van der Waals surface area contributed by atoms with E-state index in [1.165, 1.54) is 6.08 Å². The van der Waals surface area contributed by atoms with Crippen molar-refractivity contribution in [1.82, 2.24) is 9.47 Å². The van der Waals surface area contributed by atoms with E-state index in [2.05, 4.69) is 4.90 Å². The molecule has 3 rings (SSSR count). The number of hydrogen-bond donors (Lipinski definition) is 1. The molecule has 2 aliphatic heterocycles. The highest BCUT2D eigenvalue weighted by atomic mass is 16.4. The van der Waals surface area contributed by atoms with Crippen LogP contribution in [-0.2, 0) is 11.3 Å². The van der Waals surface area contributed by atoms with Crippen molar-refractivity contribution in [1.29, 1.82) is 0 Å². The van der Waals surface area contributed by atoms with E-state index in [9.17, 15) is 9.59 Å². The lowest BCUT2D eigenvalue weighted by molar-refractivity contribution is -0.131. The van der Waals surface area contributed by atoms with Crippen LogP contribution in [0.3, 0.4) is 0 Å². The van der Waals surface area contributed by atoms with E-state index in [0.29, 0.717) is 18.4 Å². The molecule has 20 heavy (non-hydrogen) atoms. The minimum atomic E-state index is -0.904. The molecule has 5 nitrogen and oxygen atoms in total. The Morgan fingerprint density at radius 3 is 3.00 bits per heavy atom. The molecule has 2 atom stereocenters. The maximum atomic E-state index is 11.9. The average Bonchev–Trinajstić information content (AvgIpc) is 2.40. The summed E-state index contributed by atoms with van der Waals surface area (Å²) < 4.78 is 1.91. The second-order valence-electron chi connectivity index (χ2n) is 5.66. The third-order valence-electron chi connectivity index (χ3n) is 4.18. The van der Waals surface area contributed by atoms with Crippen LogP contribution in [0, 0.1) is 5.92 Å². The number of carbonyl (C=O) groups is 1. The number of fused-ring (bicyclic) bond motifs is 4. The summed E-state index contributed by atoms with van der Waals surface area (Å²) in [6, 6.07) is 5.49. The van der Waals surface area contributed by atoms with Crippen LogP contribution < -0.4 is 5.56 Å². The number of aliphatic carboxylic acids is 1. The van der Waals surface area contributed by atoms with Crippen LogP contribution in [0.2, 0.25) is 0 Å². The fourth-order valence-corrected chi connectivity index (χ4v) is 3.45. The van der Waals surface area contributed by atoms with Crippen molar-refractivity contribution in [2.24, 2.45) is 5.92 Å². The first-order valence-corrected chi connectivity index (χ1v) is 6.95. The summed E-state index contributed by atoms with van der Waals surface area (Å²) in [5.41, 5.74) is 1.22. The highest BCUT2D eigenvalue weighted by Gasteiger charge is 2.33. The summed E-state index contributed by atoms with van der Waals surface area (Å²) in [5.74, 6) is -0.0340. The highest BCUT2D eigenvalue weighted by molar-refractivity contribution is 5.79. The molecule has 0 aromatic carbocycles. The average molecular weight is 274 g/mol. The highest BCUT2D eigenvalue weighted by Crippen LogP contribution is 2.34. The van der Waals surface area contributed by atoms with Crippen molar-refractivity contribution in [3.05, 3.63) is 46.4 Å². The molecular formula is C15H18N2O3. The van der Waals surface area contributed by atoms with Crippen LogP contribution in [0.1, 0.15) is 18.0 Å². The number of carboxylic acid groups (broad SMARTS) is 1. The molecular weight excluding hydrogens is 256 g/mol. The third kappa shape index (κ3) is 2.54. The van der Waals surface area contributed by atoms with Gasteiger partial charge in [0, 0.05) is 49.9 Å². The topological polar surface area (TPSA) is 62.5 Å². The van der Waals surface area contributed by atoms with Gasteiger partial charge in [-0.3, -0.25) is 9.69 Å². The minimum absolute atomic E-state index is 0.0939. The van der Waals surface area contributed by atoms with Gasteiger partial charge in [-0.2, -0.15) is 0 Å². The van der Waals surface area contributed by atoms with E-state index in [1.54, 1.807) is 12.1 Å². The van der Waals surface area contributed by atoms with Crippen molar-refractivity contribution in [3.8, 4) is 0 Å². The maximum Gasteiger partial charge on any atom is 0.328 e. The molecule has 106 valence electrons. The lowest BCUT2D eigenvalue weighted by Gasteiger charge is -2.42. The van der Waals surface area contributed by atoms with Crippen LogP contribution in [0.15, 0.2) is 35.1 Å². The molecule has 0 radical (unpaired) electrons. The van der Waals surface area contributed by atoms with Gasteiger partial charge in [0.15, 0.2) is 0 Å². The van der Waals surface area contributed by atoms with E-state index in [4.69, 9.17) is 5.11 Å². The second kappa shape index (κ2) is 5.25. The van der Waals surface area contributed by atoms with Gasteiger partial charge in [-0.25, -0.2) is 4.79 Å². The molecule has 2 unspecified atom stereocenters. The quantitative estimate of drug-likeness (QED) is 0.832. The Morgan fingerprint density at radius 1 is 1.35 bits per heavy atom. The molecule has 0 saturated carbocycles. The Hall–Kier alpha value is -1.88. The van der Waals surface area contributed by atoms with Crippen LogP contribution in [0.4, 0.5) is 0 Å². The zero-order valence-corrected chi connectivity index (χ0v) is 11.2. The standard InChI is InChI=1S/C15H18N2O3/c18-14-4-1-3-13-12-7-11(9-17(13)14)8-16(10-12)6-2-5-15(19)20/h1-5,11-12H,6-10H2,(H,19,20). The van der Waals surface area contributed by atoms with Crippen LogP contribution in [-0.4, -0.2) is 40.2 Å². The van der Waals surface area contributed by atoms with E-state index in [1.807, 2.05) is 16.7 Å². The molecule has 2 aliphatic rings. The van der Waals surface area contributed by atoms with Gasteiger partial charge in [-0.15, -0.1) is 0 Å². The van der Waals surface area contributed by atoms with E-state index in [0.717, 1.165) is 31.7 Å². The van der Waals surface area contributed by atoms with E-state index < -0.39 is 5.97 Å². The minimum Gasteiger partial charge on any atom is -0.478 e. The Balaban J connectivity index is 1.77. The fraction of sp³-hybridized carbons (Fsp3) is 0.467. The third-order valence-corrected chi connectivity index (χ3v) is 4.18. The van der Waals surface area contributed by atoms with Crippen molar-refractivity contribution in [2.45, 2.75) is 18.9 Å². The van der Waals surface area contributed by atoms with Gasteiger partial charge in [0.05, 0.1) is 0 Å². The van der Waals surface area contributed by atoms with Gasteiger partial charge in [0.25, 0.3) is 5.56 Å². The van der Waals surface area contributed by atoms with Gasteiger partial charge in [0.2, 0.25) is 0 Å². The Kier molecular flexibility index (Phi) is 3.44. The summed E-state index contributed by atoms with van der Waals surface area (Å²) in [5, 5.41) is 8.62. The number of carboxylic acids is 1. The Bertz CT molecular complexity index is 605. The predicted molar refractivity (Wildman–Crippen MR) is 74.8 cm³/mol. The SMILES string of the molecule is O=C(O)C=CCN1CC2CC(C1)c1cccc(=O)n1C2. The number of pyridine rings is 1. The molecule has 5 heteroatoms. The Morgan fingerprint density at radius 2 is 2.20 bits per heavy atom. The number of nitrogens with zero attached hydrogens (tertiary/aromatic N) is 2. The van der Waals surface area contributed by atoms with Crippen molar-refractivity contribution >= 4 is 5.97 Å². The van der Waals surface area contributed by atoms with Gasteiger partial charge in [-0.1, -0.05) is 12.1 Å². The monoisotopic (exact) mass is 274 g/mol. The molecule has 1 aromatic rings. The van der Waals surface area contributed by atoms with Gasteiger partial charge >= 0.3 is 5.97 Å². The lowest BCUT2D eigenvalue weighted by atomic mass is 9.83. The molecule has 1 N–H and O–H groups in total. The predicted octanol–water partition coefficient (Wildman–Crippen LogP) is 0.908. The summed E-state index contributed by atoms with van der Waals surface area (Å²) in [6.07, 6.45) is 4.02. The Labute approximate surface area is 117 Å². The summed E-state index contributed by atoms with van der Waals surface area (Å²) >= 11 is 0. The fourth-order valence-electron chi connectivity index (χ4n) is 3.45. The van der Waals surface area contributed by atoms with Crippen LogP contribution in [0.25, 0.3) is 0 Å². The van der Waals surface area contributed by atoms with Crippen molar-refractivity contribution in [3.63, 3.8) is 0 Å². The molecule has 0 spiro atoms. The molecule has 0 aliphatic carbocycles. The molecule has 2 bridgehead atoms. The first-order valence-electron chi connectivity index (χ1n) is 6.95. The zero-order valence-electron chi connectivity index (χ0n) is 11.2. The number of hydrogen-bond acceptors (Lipinski definition) is 3. The maximum absolute atomic E-state index is 11.9. The van der Waals surface area contributed by atoms with Gasteiger partial charge < -0.3 is 9.67 Å². The van der Waals surface area contributed by atoms with Crippen LogP contribution >= 0.6 is 0 Å². The molecule has 1 fully saturated rings. The first-order chi connectivity index (χ1) is 9.63. The van der Waals surface area contributed by atoms with E-state index >= 15 is 0 Å². The van der Waals surface area contributed by atoms with Crippen molar-refractivity contribution < 1.29 is 9.90 Å². The lowest BCUT2D eigenvalue weighted by Crippen LogP contribution is -2.47. The largest absolute Gasteiger partial charge is 0.478 e. The summed E-state index contributed by atoms with van der Waals surface area (Å²) in [6.45, 7) is 3.27. The zero-order chi connectivity index (χ0) is 14.1. The first kappa shape index (κ1) is 13.1. The normalized spacial score (nSPS) is 25.6. The molecule has 0 amide bonds. The van der Waals surface area contributed by atoms with Crippen LogP contribution in [0.5, 0.6) is 0 Å². The summed E-state index contributed by atoms with van der Waals surface area (Å²) in [4.78, 5) is 24.7. The number of likely N-dealkylation sites (tertiary alicyclic amines) is 1. The molecule has 1 aromatic heterocycles. The molecule has 1 saturated heterocycles. The second-order valence-corrected chi connectivity index (χ2v) is 5.66. The van der Waals surface area contributed by atoms with Gasteiger partial charge in [-0.05, 0) is 18.4 Å². The van der Waals surface area contributed by atoms with Crippen molar-refractivity contribution in [2.75, 3.05) is 19.6 Å². The number of piperidine rings is 1. The van der Waals surface area contributed by atoms with E-state index in [-0.39, 0.29) is 5.56 Å². The smallest absolute Gasteiger partial charge is 0.328 e. The summed E-state index contributed by atoms with van der Waals surface area (Å²) in [7, 11) is 0. The number of rotatable bonds is 3. The van der Waals surface area contributed by atoms with Gasteiger partial charge in [0.1, 0.15) is 0 Å².